The molecule has 11 nitrogen and oxygen atoms in total. The molecule has 1 aromatic carbocycles. The van der Waals surface area contributed by atoms with Crippen molar-refractivity contribution in [1.29, 1.82) is 0 Å². The summed E-state index contributed by atoms with van der Waals surface area (Å²) in [5, 5.41) is 2.62. The highest BCUT2D eigenvalue weighted by atomic mass is 16.7. The fourth-order valence-corrected chi connectivity index (χ4v) is 3.07. The Morgan fingerprint density at radius 3 is 2.03 bits per heavy atom. The zero-order valence-electron chi connectivity index (χ0n) is 17.7. The van der Waals surface area contributed by atoms with Gasteiger partial charge in [-0.2, -0.15) is 0 Å². The second-order valence-electron chi connectivity index (χ2n) is 6.91. The fourth-order valence-electron chi connectivity index (χ4n) is 3.07. The van der Waals surface area contributed by atoms with Crippen molar-refractivity contribution in [3.05, 3.63) is 24.3 Å². The van der Waals surface area contributed by atoms with Crippen LogP contribution in [0.25, 0.3) is 0 Å². The van der Waals surface area contributed by atoms with Crippen LogP contribution in [0.3, 0.4) is 0 Å². The van der Waals surface area contributed by atoms with Crippen LogP contribution >= 0.6 is 0 Å². The number of hydrogen-bond donors (Lipinski definition) is 2. The molecule has 3 N–H and O–H groups in total. The highest BCUT2D eigenvalue weighted by molar-refractivity contribution is 5.73. The summed E-state index contributed by atoms with van der Waals surface area (Å²) >= 11 is 0. The molecule has 31 heavy (non-hydrogen) atoms. The van der Waals surface area contributed by atoms with Crippen molar-refractivity contribution in [2.45, 2.75) is 58.3 Å². The molecule has 1 heterocycles. The smallest absolute Gasteiger partial charge is 0.303 e. The van der Waals surface area contributed by atoms with Crippen LogP contribution in [0.1, 0.15) is 27.7 Å². The number of nitrogen functional groups attached to an aromatic ring is 1. The fraction of sp³-hybridized carbons (Fsp3) is 0.500. The second-order valence-corrected chi connectivity index (χ2v) is 6.91. The Kier molecular flexibility index (Phi) is 8.20. The van der Waals surface area contributed by atoms with Crippen molar-refractivity contribution in [3.8, 4) is 5.75 Å². The van der Waals surface area contributed by atoms with Crippen LogP contribution in [0.2, 0.25) is 0 Å². The molecule has 1 aliphatic rings. The number of hydrogen-bond acceptors (Lipinski definition) is 10. The van der Waals surface area contributed by atoms with Crippen LogP contribution in [0.4, 0.5) is 5.69 Å². The van der Waals surface area contributed by atoms with Gasteiger partial charge in [0.15, 0.2) is 12.2 Å². The monoisotopic (exact) mass is 438 g/mol. The van der Waals surface area contributed by atoms with E-state index in [-0.39, 0.29) is 6.61 Å². The maximum Gasteiger partial charge on any atom is 0.303 e. The molecule has 0 bridgehead atoms. The molecule has 1 aromatic rings. The number of rotatable bonds is 7. The lowest BCUT2D eigenvalue weighted by atomic mass is 9.96. The summed E-state index contributed by atoms with van der Waals surface area (Å²) in [6.45, 7) is 4.49. The maximum atomic E-state index is 11.9. The summed E-state index contributed by atoms with van der Waals surface area (Å²) in [5.41, 5.74) is 6.20. The Balaban J connectivity index is 2.43. The van der Waals surface area contributed by atoms with Gasteiger partial charge in [0.2, 0.25) is 12.2 Å². The third-order valence-electron chi connectivity index (χ3n) is 4.20. The molecule has 0 aliphatic carbocycles. The van der Waals surface area contributed by atoms with Gasteiger partial charge in [0.05, 0.1) is 0 Å². The van der Waals surface area contributed by atoms with Crippen LogP contribution < -0.4 is 15.8 Å². The van der Waals surface area contributed by atoms with Gasteiger partial charge >= 0.3 is 17.9 Å². The number of benzene rings is 1. The first-order valence-corrected chi connectivity index (χ1v) is 9.49. The molecule has 5 atom stereocenters. The lowest BCUT2D eigenvalue weighted by molar-refractivity contribution is -0.257. The number of esters is 3. The number of carbonyl (C=O) groups is 4. The largest absolute Gasteiger partial charge is 0.463 e. The standard InChI is InChI=1S/C20H26N2O9/c1-10(23)22-17-19(29-13(4)26)18(28-12(3)25)16(9-27-11(2)24)31-20(17)30-15-7-5-14(21)6-8-15/h5-8,16-20H,9,21H2,1-4H3,(H,22,23). The number of nitrogens with one attached hydrogen (secondary N) is 1. The van der Waals surface area contributed by atoms with Gasteiger partial charge in [-0.1, -0.05) is 0 Å². The molecule has 2 rings (SSSR count). The Labute approximate surface area is 179 Å². The Morgan fingerprint density at radius 2 is 1.52 bits per heavy atom. The summed E-state index contributed by atoms with van der Waals surface area (Å²) in [6, 6.07) is 5.34. The number of anilines is 1. The predicted octanol–water partition coefficient (Wildman–Crippen LogP) is 0.304. The molecular formula is C20H26N2O9. The van der Waals surface area contributed by atoms with E-state index in [9.17, 15) is 19.2 Å². The number of nitrogens with two attached hydrogens (primary N) is 1. The summed E-state index contributed by atoms with van der Waals surface area (Å²) in [6.07, 6.45) is -4.58. The molecule has 1 saturated heterocycles. The van der Waals surface area contributed by atoms with Crippen LogP contribution in [0, 0.1) is 0 Å². The van der Waals surface area contributed by atoms with E-state index in [4.69, 9.17) is 29.4 Å². The summed E-state index contributed by atoms with van der Waals surface area (Å²) in [4.78, 5) is 46.7. The predicted molar refractivity (Wildman–Crippen MR) is 105 cm³/mol. The van der Waals surface area contributed by atoms with Crippen molar-refractivity contribution < 1.29 is 42.9 Å². The molecule has 5 unspecified atom stereocenters. The summed E-state index contributed by atoms with van der Waals surface area (Å²) in [7, 11) is 0. The van der Waals surface area contributed by atoms with E-state index in [1.807, 2.05) is 0 Å². The quantitative estimate of drug-likeness (QED) is 0.345. The Hall–Kier alpha value is -3.34. The van der Waals surface area contributed by atoms with Crippen molar-refractivity contribution in [3.63, 3.8) is 0 Å². The van der Waals surface area contributed by atoms with Crippen molar-refractivity contribution >= 4 is 29.5 Å². The Morgan fingerprint density at radius 1 is 0.935 bits per heavy atom. The summed E-state index contributed by atoms with van der Waals surface area (Å²) in [5.74, 6) is -2.06. The molecule has 0 saturated carbocycles. The molecule has 1 amide bonds. The van der Waals surface area contributed by atoms with Crippen molar-refractivity contribution in [1.82, 2.24) is 5.32 Å². The minimum atomic E-state index is -1.18. The maximum absolute atomic E-state index is 11.9. The van der Waals surface area contributed by atoms with Gasteiger partial charge in [-0.3, -0.25) is 19.2 Å². The molecule has 1 fully saturated rings. The van der Waals surface area contributed by atoms with Gasteiger partial charge in [0, 0.05) is 33.4 Å². The lowest BCUT2D eigenvalue weighted by Gasteiger charge is -2.44. The average Bonchev–Trinajstić information content (AvgIpc) is 2.65. The van der Waals surface area contributed by atoms with E-state index in [0.29, 0.717) is 11.4 Å². The first kappa shape index (κ1) is 23.9. The van der Waals surface area contributed by atoms with E-state index in [0.717, 1.165) is 6.92 Å². The average molecular weight is 438 g/mol. The van der Waals surface area contributed by atoms with E-state index in [1.165, 1.54) is 20.8 Å². The third-order valence-corrected chi connectivity index (χ3v) is 4.20. The van der Waals surface area contributed by atoms with E-state index in [1.54, 1.807) is 24.3 Å². The number of amides is 1. The molecule has 0 spiro atoms. The third kappa shape index (κ3) is 7.14. The van der Waals surface area contributed by atoms with E-state index >= 15 is 0 Å². The van der Waals surface area contributed by atoms with E-state index < -0.39 is 54.5 Å². The van der Waals surface area contributed by atoms with Gasteiger partial charge in [0.1, 0.15) is 24.5 Å². The minimum Gasteiger partial charge on any atom is -0.463 e. The van der Waals surface area contributed by atoms with Crippen LogP contribution in [-0.4, -0.2) is 61.1 Å². The first-order chi connectivity index (χ1) is 14.6. The normalized spacial score (nSPS) is 25.1. The molecule has 0 aromatic heterocycles. The van der Waals surface area contributed by atoms with Crippen molar-refractivity contribution in [2.75, 3.05) is 12.3 Å². The van der Waals surface area contributed by atoms with E-state index in [2.05, 4.69) is 5.32 Å². The topological polar surface area (TPSA) is 152 Å². The van der Waals surface area contributed by atoms with Crippen LogP contribution in [0.15, 0.2) is 24.3 Å². The minimum absolute atomic E-state index is 0.306. The van der Waals surface area contributed by atoms with Gasteiger partial charge in [-0.25, -0.2) is 0 Å². The zero-order chi connectivity index (χ0) is 23.1. The van der Waals surface area contributed by atoms with Gasteiger partial charge in [0.25, 0.3) is 0 Å². The van der Waals surface area contributed by atoms with Gasteiger partial charge in [-0.15, -0.1) is 0 Å². The zero-order valence-corrected chi connectivity index (χ0v) is 17.7. The highest BCUT2D eigenvalue weighted by Gasteiger charge is 2.51. The SMILES string of the molecule is CC(=O)NC1C(Oc2ccc(N)cc2)OC(COC(C)=O)C(OC(C)=O)C1OC(C)=O. The number of ether oxygens (including phenoxy) is 5. The molecule has 1 aliphatic heterocycles. The second kappa shape index (κ2) is 10.6. The lowest BCUT2D eigenvalue weighted by Crippen LogP contribution is -2.67. The van der Waals surface area contributed by atoms with Crippen LogP contribution in [0.5, 0.6) is 5.75 Å². The summed E-state index contributed by atoms with van der Waals surface area (Å²) < 4.78 is 27.5. The van der Waals surface area contributed by atoms with Gasteiger partial charge < -0.3 is 34.7 Å². The molecule has 0 radical (unpaired) electrons. The molecule has 170 valence electrons. The highest BCUT2D eigenvalue weighted by Crippen LogP contribution is 2.29. The van der Waals surface area contributed by atoms with Gasteiger partial charge in [-0.05, 0) is 24.3 Å². The first-order valence-electron chi connectivity index (χ1n) is 9.49. The van der Waals surface area contributed by atoms with Crippen molar-refractivity contribution in [2.24, 2.45) is 0 Å². The molecule has 11 heteroatoms. The number of carbonyl (C=O) groups excluding carboxylic acids is 4. The van der Waals surface area contributed by atoms with Crippen LogP contribution in [-0.2, 0) is 38.1 Å². The molecular weight excluding hydrogens is 412 g/mol. The Bertz CT molecular complexity index is 811.